The maximum Gasteiger partial charge on any atom is 0.320 e. The molecule has 5 nitrogen and oxygen atoms in total. The van der Waals surface area contributed by atoms with Crippen molar-refractivity contribution in [2.24, 2.45) is 5.73 Å². The van der Waals surface area contributed by atoms with Crippen LogP contribution in [0.3, 0.4) is 0 Å². The topological polar surface area (TPSA) is 91.0 Å². The standard InChI is InChI=1S/C14H19FN4O/c15-10-6-2-3-7-11(10)18-13(20)19-14(12(16)17)8-4-1-5-9-14/h2-3,6-7H,1,4-5,8-9H2,(H3,16,17)(H2,18,19,20). The van der Waals surface area contributed by atoms with Gasteiger partial charge < -0.3 is 16.4 Å². The zero-order valence-electron chi connectivity index (χ0n) is 11.2. The first-order valence-corrected chi connectivity index (χ1v) is 6.72. The van der Waals surface area contributed by atoms with Crippen LogP contribution in [0.15, 0.2) is 24.3 Å². The molecule has 0 unspecified atom stereocenters. The zero-order valence-corrected chi connectivity index (χ0v) is 11.2. The summed E-state index contributed by atoms with van der Waals surface area (Å²) in [5.74, 6) is -0.538. The van der Waals surface area contributed by atoms with Gasteiger partial charge in [0.15, 0.2) is 0 Å². The van der Waals surface area contributed by atoms with E-state index < -0.39 is 17.4 Å². The molecular weight excluding hydrogens is 259 g/mol. The Morgan fingerprint density at radius 3 is 2.50 bits per heavy atom. The first-order valence-electron chi connectivity index (χ1n) is 6.72. The number of hydrogen-bond donors (Lipinski definition) is 4. The van der Waals surface area contributed by atoms with Crippen molar-refractivity contribution in [3.05, 3.63) is 30.1 Å². The summed E-state index contributed by atoms with van der Waals surface area (Å²) < 4.78 is 13.5. The van der Waals surface area contributed by atoms with Crippen LogP contribution in [0, 0.1) is 11.2 Å². The highest BCUT2D eigenvalue weighted by atomic mass is 19.1. The molecular formula is C14H19FN4O. The lowest BCUT2D eigenvalue weighted by Crippen LogP contribution is -2.59. The van der Waals surface area contributed by atoms with Gasteiger partial charge in [0.05, 0.1) is 11.2 Å². The molecule has 20 heavy (non-hydrogen) atoms. The minimum atomic E-state index is -0.798. The van der Waals surface area contributed by atoms with Crippen molar-refractivity contribution in [2.45, 2.75) is 37.6 Å². The number of nitrogens with two attached hydrogens (primary N) is 1. The Balaban J connectivity index is 2.06. The van der Waals surface area contributed by atoms with Gasteiger partial charge in [-0.2, -0.15) is 0 Å². The quantitative estimate of drug-likeness (QED) is 0.505. The lowest BCUT2D eigenvalue weighted by Gasteiger charge is -2.36. The van der Waals surface area contributed by atoms with Crippen molar-refractivity contribution >= 4 is 17.6 Å². The third kappa shape index (κ3) is 3.07. The average molecular weight is 278 g/mol. The molecule has 0 bridgehead atoms. The summed E-state index contributed by atoms with van der Waals surface area (Å²) in [4.78, 5) is 12.0. The molecule has 6 heteroatoms. The monoisotopic (exact) mass is 278 g/mol. The van der Waals surface area contributed by atoms with Crippen LogP contribution in [0.1, 0.15) is 32.1 Å². The van der Waals surface area contributed by atoms with E-state index in [9.17, 15) is 9.18 Å². The number of hydrogen-bond acceptors (Lipinski definition) is 2. The van der Waals surface area contributed by atoms with Crippen molar-refractivity contribution in [3.63, 3.8) is 0 Å². The van der Waals surface area contributed by atoms with Crippen LogP contribution in [0.2, 0.25) is 0 Å². The summed E-state index contributed by atoms with van der Waals surface area (Å²) in [5, 5.41) is 12.9. The Morgan fingerprint density at radius 2 is 1.90 bits per heavy atom. The highest BCUT2D eigenvalue weighted by Gasteiger charge is 2.36. The number of anilines is 1. The molecule has 108 valence electrons. The molecule has 1 aliphatic carbocycles. The summed E-state index contributed by atoms with van der Waals surface area (Å²) in [5.41, 5.74) is 4.95. The Labute approximate surface area is 117 Å². The van der Waals surface area contributed by atoms with Gasteiger partial charge in [-0.3, -0.25) is 5.41 Å². The van der Waals surface area contributed by atoms with E-state index in [1.165, 1.54) is 12.1 Å². The fraction of sp³-hybridized carbons (Fsp3) is 0.429. The number of benzene rings is 1. The molecule has 0 radical (unpaired) electrons. The van der Waals surface area contributed by atoms with E-state index in [2.05, 4.69) is 10.6 Å². The summed E-state index contributed by atoms with van der Waals surface area (Å²) >= 11 is 0. The molecule has 0 aliphatic heterocycles. The Kier molecular flexibility index (Phi) is 4.22. The van der Waals surface area contributed by atoms with E-state index in [0.717, 1.165) is 19.3 Å². The van der Waals surface area contributed by atoms with Gasteiger partial charge in [-0.1, -0.05) is 31.4 Å². The van der Waals surface area contributed by atoms with Gasteiger partial charge >= 0.3 is 6.03 Å². The maximum atomic E-state index is 13.5. The second-order valence-corrected chi connectivity index (χ2v) is 5.12. The van der Waals surface area contributed by atoms with Crippen molar-refractivity contribution in [1.82, 2.24) is 5.32 Å². The number of halogens is 1. The van der Waals surface area contributed by atoms with E-state index in [1.54, 1.807) is 12.1 Å². The molecule has 0 saturated heterocycles. The predicted octanol–water partition coefficient (Wildman–Crippen LogP) is 2.59. The zero-order chi connectivity index (χ0) is 14.6. The molecule has 1 aromatic carbocycles. The minimum absolute atomic E-state index is 0.0408. The summed E-state index contributed by atoms with van der Waals surface area (Å²) in [6, 6.07) is 5.41. The van der Waals surface area contributed by atoms with E-state index in [1.807, 2.05) is 0 Å². The second-order valence-electron chi connectivity index (χ2n) is 5.12. The van der Waals surface area contributed by atoms with Gasteiger partial charge in [0, 0.05) is 0 Å². The molecule has 5 N–H and O–H groups in total. The summed E-state index contributed by atoms with van der Waals surface area (Å²) in [7, 11) is 0. The van der Waals surface area contributed by atoms with Gasteiger partial charge in [0.1, 0.15) is 11.7 Å². The smallest absolute Gasteiger partial charge is 0.320 e. The van der Waals surface area contributed by atoms with Crippen molar-refractivity contribution in [2.75, 3.05) is 5.32 Å². The first kappa shape index (κ1) is 14.3. The van der Waals surface area contributed by atoms with Crippen LogP contribution in [0.25, 0.3) is 0 Å². The SMILES string of the molecule is N=C(N)C1(NC(=O)Nc2ccccc2F)CCCCC1. The van der Waals surface area contributed by atoms with E-state index >= 15 is 0 Å². The Hall–Kier alpha value is -2.11. The molecule has 0 aromatic heterocycles. The number of rotatable bonds is 3. The van der Waals surface area contributed by atoms with Crippen LogP contribution >= 0.6 is 0 Å². The lowest BCUT2D eigenvalue weighted by atomic mass is 9.81. The van der Waals surface area contributed by atoms with Crippen LogP contribution in [0.4, 0.5) is 14.9 Å². The van der Waals surface area contributed by atoms with Gasteiger partial charge in [0.25, 0.3) is 0 Å². The third-order valence-corrected chi connectivity index (χ3v) is 3.70. The van der Waals surface area contributed by atoms with Gasteiger partial charge in [-0.15, -0.1) is 0 Å². The molecule has 1 aliphatic rings. The fourth-order valence-electron chi connectivity index (χ4n) is 2.55. The molecule has 0 heterocycles. The fourth-order valence-corrected chi connectivity index (χ4v) is 2.55. The second kappa shape index (κ2) is 5.90. The highest BCUT2D eigenvalue weighted by molar-refractivity contribution is 5.96. The Bertz CT molecular complexity index is 512. The first-order chi connectivity index (χ1) is 9.53. The van der Waals surface area contributed by atoms with E-state index in [-0.39, 0.29) is 11.5 Å². The number of urea groups is 1. The number of nitrogens with one attached hydrogen (secondary N) is 3. The van der Waals surface area contributed by atoms with Gasteiger partial charge in [-0.05, 0) is 25.0 Å². The minimum Gasteiger partial charge on any atom is -0.386 e. The normalized spacial score (nSPS) is 17.2. The molecule has 0 spiro atoms. The molecule has 1 saturated carbocycles. The van der Waals surface area contributed by atoms with Gasteiger partial charge in [-0.25, -0.2) is 9.18 Å². The van der Waals surface area contributed by atoms with Crippen LogP contribution < -0.4 is 16.4 Å². The summed E-state index contributed by atoms with van der Waals surface area (Å²) in [6.45, 7) is 0. The highest BCUT2D eigenvalue weighted by Crippen LogP contribution is 2.28. The Morgan fingerprint density at radius 1 is 1.25 bits per heavy atom. The van der Waals surface area contributed by atoms with Crippen LogP contribution in [-0.4, -0.2) is 17.4 Å². The summed E-state index contributed by atoms with van der Waals surface area (Å²) in [6.07, 6.45) is 4.20. The molecule has 1 fully saturated rings. The maximum absolute atomic E-state index is 13.5. The number of amides is 2. The number of amidine groups is 1. The van der Waals surface area contributed by atoms with Gasteiger partial charge in [0.2, 0.25) is 0 Å². The number of para-hydroxylation sites is 1. The van der Waals surface area contributed by atoms with E-state index in [4.69, 9.17) is 11.1 Å². The number of carbonyl (C=O) groups excluding carboxylic acids is 1. The molecule has 1 aromatic rings. The number of carbonyl (C=O) groups is 1. The van der Waals surface area contributed by atoms with Crippen LogP contribution in [-0.2, 0) is 0 Å². The molecule has 0 atom stereocenters. The largest absolute Gasteiger partial charge is 0.386 e. The van der Waals surface area contributed by atoms with Crippen molar-refractivity contribution in [3.8, 4) is 0 Å². The average Bonchev–Trinajstić information content (AvgIpc) is 2.42. The lowest BCUT2D eigenvalue weighted by molar-refractivity contribution is 0.235. The van der Waals surface area contributed by atoms with E-state index in [0.29, 0.717) is 12.8 Å². The predicted molar refractivity (Wildman–Crippen MR) is 76.3 cm³/mol. The van der Waals surface area contributed by atoms with Crippen molar-refractivity contribution in [1.29, 1.82) is 5.41 Å². The third-order valence-electron chi connectivity index (χ3n) is 3.70. The van der Waals surface area contributed by atoms with Crippen LogP contribution in [0.5, 0.6) is 0 Å². The molecule has 2 amide bonds. The van der Waals surface area contributed by atoms with Crippen molar-refractivity contribution < 1.29 is 9.18 Å². The molecule has 2 rings (SSSR count).